The first kappa shape index (κ1) is 15.0. The summed E-state index contributed by atoms with van der Waals surface area (Å²) >= 11 is 0. The molecule has 22 heavy (non-hydrogen) atoms. The first-order chi connectivity index (χ1) is 10.5. The van der Waals surface area contributed by atoms with Crippen molar-refractivity contribution in [1.82, 2.24) is 0 Å². The number of aryl methyl sites for hydroxylation is 2. The number of phenols is 2. The van der Waals surface area contributed by atoms with Gasteiger partial charge in [0.2, 0.25) is 0 Å². The van der Waals surface area contributed by atoms with E-state index in [1.807, 2.05) is 13.8 Å². The smallest absolute Gasteiger partial charge is 0.121 e. The van der Waals surface area contributed by atoms with Gasteiger partial charge in [0.15, 0.2) is 0 Å². The quantitative estimate of drug-likeness (QED) is 0.804. The third-order valence-corrected chi connectivity index (χ3v) is 5.08. The van der Waals surface area contributed by atoms with Crippen LogP contribution < -0.4 is 0 Å². The summed E-state index contributed by atoms with van der Waals surface area (Å²) in [5.74, 6) is 1.98. The van der Waals surface area contributed by atoms with Crippen molar-refractivity contribution < 1.29 is 10.2 Å². The molecule has 2 aromatic rings. The molecule has 2 nitrogen and oxygen atoms in total. The first-order valence-electron chi connectivity index (χ1n) is 8.13. The average Bonchev–Trinajstić information content (AvgIpc) is 2.53. The molecule has 1 saturated carbocycles. The summed E-state index contributed by atoms with van der Waals surface area (Å²) in [7, 11) is 0. The molecule has 0 atom stereocenters. The molecular formula is C20H24O2. The lowest BCUT2D eigenvalue weighted by Crippen LogP contribution is -2.12. The highest BCUT2D eigenvalue weighted by Gasteiger charge is 2.24. The zero-order chi connectivity index (χ0) is 15.7. The molecule has 2 aromatic carbocycles. The fourth-order valence-corrected chi connectivity index (χ4v) is 3.73. The van der Waals surface area contributed by atoms with Crippen molar-refractivity contribution in [2.75, 3.05) is 0 Å². The molecule has 0 spiro atoms. The van der Waals surface area contributed by atoms with Crippen LogP contribution in [-0.4, -0.2) is 10.2 Å². The van der Waals surface area contributed by atoms with Gasteiger partial charge in [0, 0.05) is 0 Å². The van der Waals surface area contributed by atoms with E-state index >= 15 is 0 Å². The van der Waals surface area contributed by atoms with Gasteiger partial charge in [-0.1, -0.05) is 24.3 Å². The molecule has 0 unspecified atom stereocenters. The van der Waals surface area contributed by atoms with Crippen LogP contribution in [0.2, 0.25) is 0 Å². The van der Waals surface area contributed by atoms with E-state index in [4.69, 9.17) is 0 Å². The maximum atomic E-state index is 9.92. The van der Waals surface area contributed by atoms with Gasteiger partial charge in [0.1, 0.15) is 11.5 Å². The largest absolute Gasteiger partial charge is 0.508 e. The van der Waals surface area contributed by atoms with Crippen LogP contribution in [0.1, 0.15) is 59.8 Å². The summed E-state index contributed by atoms with van der Waals surface area (Å²) in [6, 6.07) is 12.0. The van der Waals surface area contributed by atoms with Crippen LogP contribution in [0.3, 0.4) is 0 Å². The topological polar surface area (TPSA) is 40.5 Å². The van der Waals surface area contributed by atoms with Crippen LogP contribution in [0, 0.1) is 13.8 Å². The minimum Gasteiger partial charge on any atom is -0.508 e. The lowest BCUT2D eigenvalue weighted by atomic mass is 9.76. The van der Waals surface area contributed by atoms with Crippen molar-refractivity contribution in [3.63, 3.8) is 0 Å². The Kier molecular flexibility index (Phi) is 4.10. The summed E-state index contributed by atoms with van der Waals surface area (Å²) in [6.07, 6.45) is 4.76. The minimum atomic E-state index is 0.340. The van der Waals surface area contributed by atoms with Crippen LogP contribution in [0.15, 0.2) is 36.4 Å². The van der Waals surface area contributed by atoms with E-state index in [1.165, 1.54) is 36.8 Å². The normalized spacial score (nSPS) is 21.7. The van der Waals surface area contributed by atoms with Crippen LogP contribution in [0.5, 0.6) is 11.5 Å². The Balaban J connectivity index is 1.70. The second-order valence-electron chi connectivity index (χ2n) is 6.64. The van der Waals surface area contributed by atoms with Gasteiger partial charge in [-0.15, -0.1) is 0 Å². The summed E-state index contributed by atoms with van der Waals surface area (Å²) in [6.45, 7) is 3.96. The molecule has 1 aliphatic carbocycles. The monoisotopic (exact) mass is 296 g/mol. The SMILES string of the molecule is Cc1cc([C@H]2CC[C@H](c3ccc(O)cc3)CC2)cc(C)c1O. The maximum Gasteiger partial charge on any atom is 0.121 e. The Morgan fingerprint density at radius 1 is 0.727 bits per heavy atom. The van der Waals surface area contributed by atoms with Crippen molar-refractivity contribution in [1.29, 1.82) is 0 Å². The zero-order valence-corrected chi connectivity index (χ0v) is 13.3. The van der Waals surface area contributed by atoms with Gasteiger partial charge in [0.05, 0.1) is 0 Å². The highest BCUT2D eigenvalue weighted by Crippen LogP contribution is 2.41. The highest BCUT2D eigenvalue weighted by molar-refractivity contribution is 5.43. The predicted octanol–water partition coefficient (Wildman–Crippen LogP) is 5.16. The van der Waals surface area contributed by atoms with Gasteiger partial charge >= 0.3 is 0 Å². The Labute approximate surface area is 132 Å². The molecule has 2 heteroatoms. The fourth-order valence-electron chi connectivity index (χ4n) is 3.73. The van der Waals surface area contributed by atoms with Crippen molar-refractivity contribution in [3.8, 4) is 11.5 Å². The van der Waals surface area contributed by atoms with E-state index in [-0.39, 0.29) is 0 Å². The van der Waals surface area contributed by atoms with E-state index in [0.29, 0.717) is 23.3 Å². The van der Waals surface area contributed by atoms with Crippen molar-refractivity contribution in [2.45, 2.75) is 51.4 Å². The van der Waals surface area contributed by atoms with Crippen LogP contribution in [-0.2, 0) is 0 Å². The number of hydrogen-bond acceptors (Lipinski definition) is 2. The highest BCUT2D eigenvalue weighted by atomic mass is 16.3. The molecule has 0 aromatic heterocycles. The number of rotatable bonds is 2. The zero-order valence-electron chi connectivity index (χ0n) is 13.3. The van der Waals surface area contributed by atoms with Gasteiger partial charge < -0.3 is 10.2 Å². The number of benzene rings is 2. The molecule has 0 radical (unpaired) electrons. The number of phenolic OH excluding ortho intramolecular Hbond substituents is 2. The maximum absolute atomic E-state index is 9.92. The predicted molar refractivity (Wildman–Crippen MR) is 89.6 cm³/mol. The molecule has 0 amide bonds. The van der Waals surface area contributed by atoms with E-state index < -0.39 is 0 Å². The Bertz CT molecular complexity index is 627. The van der Waals surface area contributed by atoms with Crippen LogP contribution in [0.4, 0.5) is 0 Å². The van der Waals surface area contributed by atoms with Gasteiger partial charge in [-0.3, -0.25) is 0 Å². The van der Waals surface area contributed by atoms with Crippen LogP contribution in [0.25, 0.3) is 0 Å². The minimum absolute atomic E-state index is 0.340. The van der Waals surface area contributed by atoms with Gasteiger partial charge in [-0.05, 0) is 85.8 Å². The molecular weight excluding hydrogens is 272 g/mol. The van der Waals surface area contributed by atoms with E-state index in [0.717, 1.165) is 11.1 Å². The molecule has 0 bridgehead atoms. The second-order valence-corrected chi connectivity index (χ2v) is 6.64. The van der Waals surface area contributed by atoms with Crippen molar-refractivity contribution in [2.24, 2.45) is 0 Å². The lowest BCUT2D eigenvalue weighted by molar-refractivity contribution is 0.395. The van der Waals surface area contributed by atoms with E-state index in [2.05, 4.69) is 24.3 Å². The van der Waals surface area contributed by atoms with E-state index in [9.17, 15) is 10.2 Å². The molecule has 1 fully saturated rings. The molecule has 0 aliphatic heterocycles. The molecule has 116 valence electrons. The van der Waals surface area contributed by atoms with E-state index in [1.54, 1.807) is 12.1 Å². The first-order valence-corrected chi connectivity index (χ1v) is 8.13. The third-order valence-electron chi connectivity index (χ3n) is 5.08. The average molecular weight is 296 g/mol. The van der Waals surface area contributed by atoms with Gasteiger partial charge in [-0.25, -0.2) is 0 Å². The lowest BCUT2D eigenvalue weighted by Gasteiger charge is -2.29. The summed E-state index contributed by atoms with van der Waals surface area (Å²) < 4.78 is 0. The third kappa shape index (κ3) is 2.96. The molecule has 2 N–H and O–H groups in total. The molecule has 3 rings (SSSR count). The Hall–Kier alpha value is -1.96. The Morgan fingerprint density at radius 2 is 1.18 bits per heavy atom. The molecule has 0 saturated heterocycles. The molecule has 1 aliphatic rings. The number of aromatic hydroxyl groups is 2. The standard InChI is InChI=1S/C20H24O2/c1-13-11-18(12-14(2)20(13)22)17-5-3-15(4-6-17)16-7-9-19(21)10-8-16/h7-12,15,17,21-22H,3-6H2,1-2H3/t15-,17-. The number of hydrogen-bond donors (Lipinski definition) is 2. The van der Waals surface area contributed by atoms with Crippen molar-refractivity contribution >= 4 is 0 Å². The Morgan fingerprint density at radius 3 is 1.68 bits per heavy atom. The van der Waals surface area contributed by atoms with Crippen molar-refractivity contribution in [3.05, 3.63) is 58.7 Å². The van der Waals surface area contributed by atoms with Gasteiger partial charge in [0.25, 0.3) is 0 Å². The molecule has 0 heterocycles. The fraction of sp³-hybridized carbons (Fsp3) is 0.400. The van der Waals surface area contributed by atoms with Gasteiger partial charge in [-0.2, -0.15) is 0 Å². The summed E-state index contributed by atoms with van der Waals surface area (Å²) in [4.78, 5) is 0. The summed E-state index contributed by atoms with van der Waals surface area (Å²) in [5.41, 5.74) is 4.68. The second kappa shape index (κ2) is 6.04. The summed E-state index contributed by atoms with van der Waals surface area (Å²) in [5, 5.41) is 19.3. The van der Waals surface area contributed by atoms with Crippen LogP contribution >= 0.6 is 0 Å².